The number of carbonyl (C=O) groups excluding carboxylic acids is 2. The largest absolute Gasteiger partial charge is 0.465 e. The van der Waals surface area contributed by atoms with Crippen LogP contribution in [0.2, 0.25) is 0 Å². The fraction of sp³-hybridized carbons (Fsp3) is 0.292. The van der Waals surface area contributed by atoms with Gasteiger partial charge in [-0.15, -0.1) is 0 Å². The lowest BCUT2D eigenvalue weighted by Gasteiger charge is -2.21. The summed E-state index contributed by atoms with van der Waals surface area (Å²) < 4.78 is 83.6. The molecule has 1 fully saturated rings. The van der Waals surface area contributed by atoms with Crippen molar-refractivity contribution in [2.75, 3.05) is 11.4 Å². The monoisotopic (exact) mass is 571 g/mol. The third-order valence-corrected chi connectivity index (χ3v) is 6.14. The summed E-state index contributed by atoms with van der Waals surface area (Å²) in [5.74, 6) is -6.52. The van der Waals surface area contributed by atoms with Crippen LogP contribution in [-0.4, -0.2) is 57.4 Å². The maximum Gasteiger partial charge on any atom is 0.408 e. The van der Waals surface area contributed by atoms with Crippen LogP contribution in [0.15, 0.2) is 35.3 Å². The second-order valence-corrected chi connectivity index (χ2v) is 8.83. The Morgan fingerprint density at radius 1 is 1.15 bits per heavy atom. The molecule has 3 N–H and O–H groups in total. The molecule has 0 bridgehead atoms. The van der Waals surface area contributed by atoms with E-state index < -0.39 is 87.8 Å². The number of hydrogen-bond acceptors (Lipinski definition) is 5. The third kappa shape index (κ3) is 5.41. The van der Waals surface area contributed by atoms with Crippen LogP contribution in [0.1, 0.15) is 30.1 Å². The summed E-state index contributed by atoms with van der Waals surface area (Å²) in [5, 5.41) is 12.3. The number of carboxylic acid groups (broad SMARTS) is 1. The minimum Gasteiger partial charge on any atom is -0.465 e. The van der Waals surface area contributed by atoms with E-state index in [1.807, 2.05) is 0 Å². The maximum atomic E-state index is 14.8. The lowest BCUT2D eigenvalue weighted by atomic mass is 10.1. The molecule has 0 radical (unpaired) electrons. The molecule has 1 aliphatic heterocycles. The van der Waals surface area contributed by atoms with Crippen molar-refractivity contribution < 1.29 is 45.8 Å². The molecule has 3 aromatic rings. The minimum atomic E-state index is -4.86. The average Bonchev–Trinajstić information content (AvgIpc) is 3.21. The second kappa shape index (κ2) is 10.5. The molecule has 2 aromatic heterocycles. The van der Waals surface area contributed by atoms with Gasteiger partial charge in [-0.3, -0.25) is 23.9 Å². The van der Waals surface area contributed by atoms with E-state index >= 15 is 0 Å². The Kier molecular flexibility index (Phi) is 7.45. The molecule has 1 saturated heterocycles. The lowest BCUT2D eigenvalue weighted by molar-refractivity contribution is -0.153. The first-order valence-corrected chi connectivity index (χ1v) is 11.6. The predicted molar refractivity (Wildman–Crippen MR) is 127 cm³/mol. The topological polar surface area (TPSA) is 134 Å². The first kappa shape index (κ1) is 28.4. The van der Waals surface area contributed by atoms with E-state index in [0.29, 0.717) is 22.9 Å². The summed E-state index contributed by atoms with van der Waals surface area (Å²) in [7, 11) is 0. The zero-order valence-electron chi connectivity index (χ0n) is 20.4. The Morgan fingerprint density at radius 3 is 2.38 bits per heavy atom. The number of anilines is 1. The van der Waals surface area contributed by atoms with Gasteiger partial charge in [-0.25, -0.2) is 22.9 Å². The van der Waals surface area contributed by atoms with E-state index in [9.17, 15) is 45.5 Å². The number of amides is 3. The van der Waals surface area contributed by atoms with Crippen LogP contribution in [0.3, 0.4) is 0 Å². The van der Waals surface area contributed by atoms with Gasteiger partial charge in [0, 0.05) is 31.3 Å². The van der Waals surface area contributed by atoms with Crippen molar-refractivity contribution in [3.05, 3.63) is 63.7 Å². The highest BCUT2D eigenvalue weighted by molar-refractivity contribution is 5.99. The zero-order valence-corrected chi connectivity index (χ0v) is 20.4. The van der Waals surface area contributed by atoms with Crippen LogP contribution in [0.4, 0.5) is 37.0 Å². The van der Waals surface area contributed by atoms with Crippen molar-refractivity contribution in [3.63, 3.8) is 0 Å². The third-order valence-electron chi connectivity index (χ3n) is 6.14. The van der Waals surface area contributed by atoms with Gasteiger partial charge in [0.25, 0.3) is 5.91 Å². The number of pyridine rings is 2. The molecule has 212 valence electrons. The van der Waals surface area contributed by atoms with E-state index in [1.165, 1.54) is 0 Å². The van der Waals surface area contributed by atoms with Crippen molar-refractivity contribution in [3.8, 4) is 5.69 Å². The molecule has 4 rings (SSSR count). The van der Waals surface area contributed by atoms with E-state index in [-0.39, 0.29) is 18.8 Å². The Balaban J connectivity index is 1.91. The fourth-order valence-electron chi connectivity index (χ4n) is 4.29. The van der Waals surface area contributed by atoms with E-state index in [2.05, 4.69) is 10.3 Å². The van der Waals surface area contributed by atoms with Gasteiger partial charge in [-0.1, -0.05) is 6.92 Å². The van der Waals surface area contributed by atoms with E-state index in [1.54, 1.807) is 5.32 Å². The summed E-state index contributed by atoms with van der Waals surface area (Å²) >= 11 is 0. The molecule has 2 atom stereocenters. The van der Waals surface area contributed by atoms with Gasteiger partial charge in [0.2, 0.25) is 11.3 Å². The molecule has 40 heavy (non-hydrogen) atoms. The van der Waals surface area contributed by atoms with E-state index in [4.69, 9.17) is 5.11 Å². The number of aromatic nitrogens is 2. The summed E-state index contributed by atoms with van der Waals surface area (Å²) in [4.78, 5) is 54.6. The molecule has 0 aliphatic carbocycles. The highest BCUT2D eigenvalue weighted by atomic mass is 19.4. The number of benzene rings is 1. The summed E-state index contributed by atoms with van der Waals surface area (Å²) in [6.45, 7) is 0.964. The lowest BCUT2D eigenvalue weighted by Crippen LogP contribution is -2.46. The van der Waals surface area contributed by atoms with Crippen LogP contribution >= 0.6 is 0 Å². The van der Waals surface area contributed by atoms with Crippen molar-refractivity contribution >= 4 is 34.8 Å². The van der Waals surface area contributed by atoms with Gasteiger partial charge in [0.15, 0.2) is 17.3 Å². The van der Waals surface area contributed by atoms with Gasteiger partial charge in [-0.05, 0) is 18.6 Å². The van der Waals surface area contributed by atoms with Crippen LogP contribution in [-0.2, 0) is 4.79 Å². The minimum absolute atomic E-state index is 0.163. The van der Waals surface area contributed by atoms with Crippen molar-refractivity contribution in [1.82, 2.24) is 20.2 Å². The summed E-state index contributed by atoms with van der Waals surface area (Å²) in [6.07, 6.45) is -6.49. The number of nitrogens with one attached hydrogen (secondary N) is 2. The Bertz CT molecular complexity index is 1570. The number of alkyl halides is 3. The molecule has 10 nitrogen and oxygen atoms in total. The highest BCUT2D eigenvalue weighted by Crippen LogP contribution is 2.27. The quantitative estimate of drug-likeness (QED) is 0.389. The highest BCUT2D eigenvalue weighted by Gasteiger charge is 2.40. The van der Waals surface area contributed by atoms with Gasteiger partial charge in [0.05, 0.1) is 11.4 Å². The smallest absolute Gasteiger partial charge is 0.408 e. The molecule has 3 heterocycles. The molecule has 0 saturated carbocycles. The second-order valence-electron chi connectivity index (χ2n) is 8.83. The standard InChI is InChI=1S/C24H19F6N5O5/c1-2-16(24(28,29)30)32-22(38)13-9-35(19-14(26)5-10(25)6-15(19)27)21-12(20(13)37)3-4-17(33-21)34-8-11(7-18(34)36)31-23(39)40/h3-6,9,11,16,31H,2,7-8H2,1H3,(H,32,38)(H,39,40)/t11?,16-/m0/s1. The summed E-state index contributed by atoms with van der Waals surface area (Å²) in [5.41, 5.74) is -3.59. The number of carbonyl (C=O) groups is 3. The average molecular weight is 571 g/mol. The van der Waals surface area contributed by atoms with Crippen LogP contribution in [0.5, 0.6) is 0 Å². The molecule has 1 aromatic carbocycles. The maximum absolute atomic E-state index is 14.8. The van der Waals surface area contributed by atoms with Crippen molar-refractivity contribution in [2.24, 2.45) is 0 Å². The number of hydrogen-bond donors (Lipinski definition) is 3. The number of rotatable bonds is 6. The fourth-order valence-corrected chi connectivity index (χ4v) is 4.29. The van der Waals surface area contributed by atoms with Gasteiger partial charge < -0.3 is 15.7 Å². The number of fused-ring (bicyclic) bond motifs is 1. The van der Waals surface area contributed by atoms with Gasteiger partial charge in [0.1, 0.15) is 28.9 Å². The number of halogens is 6. The Labute approximate surface area is 220 Å². The normalized spacial score (nSPS) is 16.3. The first-order chi connectivity index (χ1) is 18.7. The predicted octanol–water partition coefficient (Wildman–Crippen LogP) is 3.25. The Hall–Kier alpha value is -4.63. The van der Waals surface area contributed by atoms with Crippen molar-refractivity contribution in [1.29, 1.82) is 0 Å². The molecular formula is C24H19F6N5O5. The molecule has 0 spiro atoms. The van der Waals surface area contributed by atoms with Crippen LogP contribution in [0, 0.1) is 17.5 Å². The van der Waals surface area contributed by atoms with Gasteiger partial charge >= 0.3 is 12.3 Å². The molecule has 1 unspecified atom stereocenters. The molecule has 3 amide bonds. The Morgan fingerprint density at radius 2 is 1.80 bits per heavy atom. The summed E-state index contributed by atoms with van der Waals surface area (Å²) in [6, 6.07) is -0.374. The molecule has 16 heteroatoms. The first-order valence-electron chi connectivity index (χ1n) is 11.6. The number of nitrogens with zero attached hydrogens (tertiary/aromatic N) is 3. The SMILES string of the molecule is CC[C@H](NC(=O)c1cn(-c2c(F)cc(F)cc2F)c2nc(N3CC(NC(=O)O)CC3=O)ccc2c1=O)C(F)(F)F. The zero-order chi connectivity index (χ0) is 29.5. The molecule has 1 aliphatic rings. The molecular weight excluding hydrogens is 552 g/mol. The van der Waals surface area contributed by atoms with Crippen LogP contribution in [0.25, 0.3) is 16.7 Å². The van der Waals surface area contributed by atoms with Crippen molar-refractivity contribution in [2.45, 2.75) is 38.0 Å². The van der Waals surface area contributed by atoms with Gasteiger partial charge in [-0.2, -0.15) is 13.2 Å². The van der Waals surface area contributed by atoms with Crippen LogP contribution < -0.4 is 21.0 Å². The van der Waals surface area contributed by atoms with E-state index in [0.717, 1.165) is 24.0 Å².